The molecule has 0 fully saturated rings. The van der Waals surface area contributed by atoms with E-state index in [-0.39, 0.29) is 21.7 Å². The first kappa shape index (κ1) is 30.1. The van der Waals surface area contributed by atoms with Gasteiger partial charge in [-0.05, 0) is 55.8 Å². The average Bonchev–Trinajstić information content (AvgIpc) is 3.02. The van der Waals surface area contributed by atoms with Crippen LogP contribution in [0, 0.1) is 17.8 Å². The molecule has 0 aromatic carbocycles. The zero-order chi connectivity index (χ0) is 20.7. The van der Waals surface area contributed by atoms with Gasteiger partial charge in [-0.1, -0.05) is 98.3 Å². The summed E-state index contributed by atoms with van der Waals surface area (Å²) in [5, 5.41) is 0. The van der Waals surface area contributed by atoms with Crippen molar-refractivity contribution in [2.75, 3.05) is 18.5 Å². The Bertz CT molecular complexity index is 505. The zero-order valence-corrected chi connectivity index (χ0v) is 22.2. The van der Waals surface area contributed by atoms with E-state index < -0.39 is 7.05 Å². The first-order valence-electron chi connectivity index (χ1n) is 11.0. The molecule has 160 valence electrons. The van der Waals surface area contributed by atoms with Crippen molar-refractivity contribution >= 4 is 7.05 Å². The number of rotatable bonds is 11. The molecular formula is C25H46NPTi. The van der Waals surface area contributed by atoms with E-state index in [1.54, 1.807) is 0 Å². The maximum absolute atomic E-state index is 5.34. The van der Waals surface area contributed by atoms with Gasteiger partial charge >= 0.3 is 0 Å². The Balaban J connectivity index is 0. The smallest absolute Gasteiger partial charge is 0.0425 e. The first-order valence-corrected chi connectivity index (χ1v) is 13.3. The summed E-state index contributed by atoms with van der Waals surface area (Å²) >= 11 is 0. The number of hydrogen-bond acceptors (Lipinski definition) is 1. The molecular weight excluding hydrogens is 393 g/mol. The summed E-state index contributed by atoms with van der Waals surface area (Å²) in [6.45, 7) is 19.9. The normalized spacial score (nSPS) is 13.6. The molecule has 0 spiro atoms. The second-order valence-electron chi connectivity index (χ2n) is 9.02. The van der Waals surface area contributed by atoms with E-state index in [1.807, 2.05) is 12.2 Å². The van der Waals surface area contributed by atoms with Crippen LogP contribution in [0.15, 0.2) is 53.5 Å². The molecule has 28 heavy (non-hydrogen) atoms. The van der Waals surface area contributed by atoms with Crippen LogP contribution in [-0.2, 0) is 21.7 Å². The van der Waals surface area contributed by atoms with Crippen molar-refractivity contribution in [2.45, 2.75) is 74.1 Å². The molecule has 0 unspecified atom stereocenters. The van der Waals surface area contributed by atoms with Crippen LogP contribution in [0.2, 0.25) is 0 Å². The van der Waals surface area contributed by atoms with Crippen LogP contribution in [0.25, 0.3) is 0 Å². The van der Waals surface area contributed by atoms with Crippen molar-refractivity contribution in [1.82, 2.24) is 0 Å². The van der Waals surface area contributed by atoms with Crippen LogP contribution >= 0.6 is 7.05 Å². The van der Waals surface area contributed by atoms with E-state index in [2.05, 4.69) is 79.3 Å². The molecule has 0 N–H and O–H groups in total. The number of allylic oxidation sites excluding steroid dienone is 6. The van der Waals surface area contributed by atoms with E-state index in [4.69, 9.17) is 4.74 Å². The summed E-state index contributed by atoms with van der Waals surface area (Å²) < 4.78 is 5.34. The molecule has 0 amide bonds. The van der Waals surface area contributed by atoms with Crippen molar-refractivity contribution in [3.8, 4) is 0 Å². The standard InChI is InChI=1S/C17H32NP.C8H14.Ti/c1-14(2)11-19(12-15(3)4,13-16(5)6)18-17-9-7-8-10-17;1-3-5-7-8-6-4-2;/h7-9,14-16H,10-13H2,1-6H3;3,5,7H,1,4,6,8H2,2H3;. The van der Waals surface area contributed by atoms with E-state index in [9.17, 15) is 0 Å². The van der Waals surface area contributed by atoms with E-state index in [0.29, 0.717) is 0 Å². The van der Waals surface area contributed by atoms with Crippen LogP contribution in [0.1, 0.15) is 74.1 Å². The molecule has 0 heterocycles. The van der Waals surface area contributed by atoms with Gasteiger partial charge in [-0.3, -0.25) is 4.74 Å². The molecule has 0 radical (unpaired) electrons. The SMILES string of the molecule is C=CC=CCCCC.CC(C)CP(CC(C)C)(CC(C)C)=NC1=CC=CC1.[Ti]. The Kier molecular flexibility index (Phi) is 19.1. The molecule has 0 aliphatic heterocycles. The number of unbranched alkanes of at least 4 members (excludes halogenated alkanes) is 2. The quantitative estimate of drug-likeness (QED) is 0.132. The summed E-state index contributed by atoms with van der Waals surface area (Å²) in [6.07, 6.45) is 21.4. The van der Waals surface area contributed by atoms with Gasteiger partial charge in [0.15, 0.2) is 0 Å². The van der Waals surface area contributed by atoms with Gasteiger partial charge < -0.3 is 0 Å². The molecule has 1 nitrogen and oxygen atoms in total. The Morgan fingerprint density at radius 3 is 1.93 bits per heavy atom. The number of nitrogens with zero attached hydrogens (tertiary/aromatic N) is 1. The van der Waals surface area contributed by atoms with Gasteiger partial charge in [-0.15, -0.1) is 0 Å². The minimum absolute atomic E-state index is 0. The van der Waals surface area contributed by atoms with E-state index in [0.717, 1.165) is 24.2 Å². The number of hydrogen-bond donors (Lipinski definition) is 0. The van der Waals surface area contributed by atoms with E-state index in [1.165, 1.54) is 43.4 Å². The molecule has 1 aliphatic rings. The van der Waals surface area contributed by atoms with Crippen molar-refractivity contribution < 1.29 is 21.7 Å². The Morgan fingerprint density at radius 2 is 1.57 bits per heavy atom. The maximum atomic E-state index is 5.34. The Labute approximate surface area is 192 Å². The van der Waals surface area contributed by atoms with Crippen LogP contribution < -0.4 is 0 Å². The molecule has 0 aromatic rings. The van der Waals surface area contributed by atoms with Gasteiger partial charge in [0.2, 0.25) is 0 Å². The van der Waals surface area contributed by atoms with Gasteiger partial charge in [0.1, 0.15) is 0 Å². The largest absolute Gasteiger partial charge is 0.272 e. The molecule has 0 aromatic heterocycles. The van der Waals surface area contributed by atoms with Gasteiger partial charge in [-0.25, -0.2) is 0 Å². The molecule has 0 saturated heterocycles. The van der Waals surface area contributed by atoms with Crippen molar-refractivity contribution in [3.63, 3.8) is 0 Å². The fourth-order valence-electron chi connectivity index (χ4n) is 3.68. The summed E-state index contributed by atoms with van der Waals surface area (Å²) in [4.78, 5) is 0. The molecule has 1 aliphatic carbocycles. The van der Waals surface area contributed by atoms with Crippen LogP contribution in [0.4, 0.5) is 0 Å². The molecule has 0 atom stereocenters. The summed E-state index contributed by atoms with van der Waals surface area (Å²) in [5.41, 5.74) is 1.33. The monoisotopic (exact) mass is 439 g/mol. The fourth-order valence-corrected chi connectivity index (χ4v) is 9.15. The third-order valence-corrected chi connectivity index (χ3v) is 9.11. The Hall–Kier alpha value is -0.0957. The van der Waals surface area contributed by atoms with Gasteiger partial charge in [0.25, 0.3) is 0 Å². The van der Waals surface area contributed by atoms with E-state index >= 15 is 0 Å². The van der Waals surface area contributed by atoms with Crippen LogP contribution in [0.5, 0.6) is 0 Å². The predicted molar refractivity (Wildman–Crippen MR) is 129 cm³/mol. The molecule has 0 saturated carbocycles. The Morgan fingerprint density at radius 1 is 1.04 bits per heavy atom. The predicted octanol–water partition coefficient (Wildman–Crippen LogP) is 8.92. The average molecular weight is 439 g/mol. The summed E-state index contributed by atoms with van der Waals surface area (Å²) in [7, 11) is -1.20. The van der Waals surface area contributed by atoms with Gasteiger partial charge in [0.05, 0.1) is 0 Å². The van der Waals surface area contributed by atoms with Gasteiger partial charge in [0, 0.05) is 33.8 Å². The third-order valence-electron chi connectivity index (χ3n) is 4.20. The van der Waals surface area contributed by atoms with Crippen LogP contribution in [0.3, 0.4) is 0 Å². The second kappa shape index (κ2) is 17.7. The molecule has 3 heteroatoms. The van der Waals surface area contributed by atoms with Crippen LogP contribution in [-0.4, -0.2) is 18.5 Å². The van der Waals surface area contributed by atoms with Gasteiger partial charge in [-0.2, -0.15) is 0 Å². The van der Waals surface area contributed by atoms with Crippen molar-refractivity contribution in [1.29, 1.82) is 0 Å². The fraction of sp³-hybridized carbons (Fsp3) is 0.680. The topological polar surface area (TPSA) is 12.4 Å². The first-order chi connectivity index (χ1) is 12.7. The summed E-state index contributed by atoms with van der Waals surface area (Å²) in [6, 6.07) is 0. The maximum Gasteiger partial charge on any atom is 0.0425 e. The summed E-state index contributed by atoms with van der Waals surface area (Å²) in [5.74, 6) is 2.26. The molecule has 0 bridgehead atoms. The third kappa shape index (κ3) is 15.8. The van der Waals surface area contributed by atoms with Crippen molar-refractivity contribution in [2.24, 2.45) is 22.5 Å². The zero-order valence-electron chi connectivity index (χ0n) is 19.7. The second-order valence-corrected chi connectivity index (χ2v) is 12.5. The molecule has 1 rings (SSSR count). The van der Waals surface area contributed by atoms with Crippen molar-refractivity contribution in [3.05, 3.63) is 48.7 Å². The minimum atomic E-state index is -1.20. The minimum Gasteiger partial charge on any atom is -0.272 e.